The lowest BCUT2D eigenvalue weighted by Crippen LogP contribution is -2.75. The Morgan fingerprint density at radius 3 is 0.975 bits per heavy atom. The average molecular weight is 1170 g/mol. The second kappa shape index (κ2) is 21.6. The number of nitrogens with zero attached hydrogens (tertiary/aromatic N) is 4. The van der Waals surface area contributed by atoms with Crippen molar-refractivity contribution in [1.82, 2.24) is 0 Å². The number of para-hydroxylation sites is 1. The van der Waals surface area contributed by atoms with Crippen LogP contribution in [0.2, 0.25) is 0 Å². The van der Waals surface area contributed by atoms with Gasteiger partial charge in [0.05, 0.1) is 51.1 Å². The molecule has 80 heavy (non-hydrogen) atoms. The van der Waals surface area contributed by atoms with Crippen molar-refractivity contribution in [3.05, 3.63) is 206 Å². The summed E-state index contributed by atoms with van der Waals surface area (Å²) in [5.74, 6) is -0.190. The van der Waals surface area contributed by atoms with E-state index >= 15 is 0 Å². The Kier molecular flexibility index (Phi) is 16.6. The number of carbonyl (C=O) groups excluding carboxylic acids is 1. The normalized spacial score (nSPS) is 13.2. The van der Waals surface area contributed by atoms with Gasteiger partial charge in [0, 0.05) is 28.0 Å². The molecule has 0 N–H and O–H groups in total. The van der Waals surface area contributed by atoms with Crippen LogP contribution < -0.4 is 26.4 Å². The van der Waals surface area contributed by atoms with Crippen LogP contribution in [0.4, 0.5) is 105 Å². The Hall–Kier alpha value is -7.91. The van der Waals surface area contributed by atoms with E-state index in [1.807, 2.05) is 65.2 Å². The molecule has 0 aliphatic rings. The SMILES string of the molecule is FC(F)(F)c1cc([B-](c2cc(C(F)(F)F)cc(C(F)(F)F)c2)(c2cc(C(F)(F)F)cc(C(F)(F)F)c2)c2cc(C(F)(F)F)cc(C(F)(F)F)c2)cc(C(F)(F)F)c1.[N-]=[N+]=NCC(=O)c1ccc2ccccc2[n+]1Cc1ccccc1. The average Bonchev–Trinajstić information content (AvgIpc) is 3.34. The number of fused-ring (bicyclic) bond motifs is 1. The van der Waals surface area contributed by atoms with E-state index in [1.165, 1.54) is 0 Å². The highest BCUT2D eigenvalue weighted by molar-refractivity contribution is 7.20. The van der Waals surface area contributed by atoms with Crippen molar-refractivity contribution in [2.24, 2.45) is 5.11 Å². The molecule has 0 fully saturated rings. The van der Waals surface area contributed by atoms with Crippen LogP contribution in [0.15, 0.2) is 145 Å². The highest BCUT2D eigenvalue weighted by Crippen LogP contribution is 2.41. The third kappa shape index (κ3) is 13.7. The van der Waals surface area contributed by atoms with Gasteiger partial charge in [0.25, 0.3) is 0 Å². The standard InChI is InChI=1S/C32H12BF24.C18H15N4O/c34-25(35,36)13-1-14(26(37,38)39)6-21(5-13)33(22-7-15(27(40,41)42)2-16(8-22)28(43,44)45,23-9-17(29(46,47)48)3-18(10-23)30(49,50)51)24-11-19(31(52,53)54)4-20(12-24)32(55,56)57;19-21-20-12-18(23)17-11-10-15-8-4-5-9-16(15)22(17)13-14-6-2-1-3-7-14/h1-12H;1-11H,12-13H2/q-1;+1. The monoisotopic (exact) mass is 1170 g/mol. The Morgan fingerprint density at radius 1 is 0.400 bits per heavy atom. The molecule has 0 atom stereocenters. The fraction of sp³-hybridized carbons (Fsp3) is 0.200. The van der Waals surface area contributed by atoms with E-state index in [4.69, 9.17) is 5.53 Å². The summed E-state index contributed by atoms with van der Waals surface area (Å²) in [6.07, 6.45) is -54.8. The first-order valence-corrected chi connectivity index (χ1v) is 21.9. The number of benzene rings is 6. The molecule has 30 heteroatoms. The quantitative estimate of drug-likeness (QED) is 0.0270. The van der Waals surface area contributed by atoms with Gasteiger partial charge in [0.15, 0.2) is 6.54 Å². The molecule has 0 amide bonds. The number of hydrogen-bond acceptors (Lipinski definition) is 2. The minimum Gasteiger partial charge on any atom is -0.287 e. The van der Waals surface area contributed by atoms with Gasteiger partial charge in [0.1, 0.15) is 6.15 Å². The van der Waals surface area contributed by atoms with Gasteiger partial charge >= 0.3 is 49.4 Å². The summed E-state index contributed by atoms with van der Waals surface area (Å²) in [4.78, 5) is 15.0. The number of pyridine rings is 1. The lowest BCUT2D eigenvalue weighted by molar-refractivity contribution is -0.664. The number of aromatic nitrogens is 1. The third-order valence-electron chi connectivity index (χ3n) is 12.1. The zero-order chi connectivity index (χ0) is 60.0. The molecular formula is C50H27BF24N4O. The van der Waals surface area contributed by atoms with E-state index < -0.39 is 195 Å². The predicted molar refractivity (Wildman–Crippen MR) is 238 cm³/mol. The largest absolute Gasteiger partial charge is 0.416 e. The summed E-state index contributed by atoms with van der Waals surface area (Å²) in [5.41, 5.74) is -19.1. The fourth-order valence-corrected chi connectivity index (χ4v) is 8.69. The van der Waals surface area contributed by atoms with Gasteiger partial charge < -0.3 is 0 Å². The zero-order valence-corrected chi connectivity index (χ0v) is 39.0. The first-order valence-electron chi connectivity index (χ1n) is 21.9. The molecule has 0 saturated carbocycles. The number of azide groups is 1. The second-order valence-corrected chi connectivity index (χ2v) is 17.4. The molecule has 0 spiro atoms. The van der Waals surface area contributed by atoms with Gasteiger partial charge in [-0.25, -0.2) is 0 Å². The number of ketones is 1. The Bertz CT molecular complexity index is 3040. The topological polar surface area (TPSA) is 69.7 Å². The van der Waals surface area contributed by atoms with Crippen LogP contribution in [0.3, 0.4) is 0 Å². The van der Waals surface area contributed by atoms with Crippen LogP contribution in [0.1, 0.15) is 60.6 Å². The van der Waals surface area contributed by atoms with E-state index in [0.29, 0.717) is 12.2 Å². The van der Waals surface area contributed by atoms with Gasteiger partial charge in [-0.2, -0.15) is 132 Å². The van der Waals surface area contributed by atoms with Crippen molar-refractivity contribution in [3.8, 4) is 0 Å². The van der Waals surface area contributed by atoms with Crippen molar-refractivity contribution in [2.75, 3.05) is 6.54 Å². The van der Waals surface area contributed by atoms with Gasteiger partial charge in [-0.15, -0.1) is 0 Å². The van der Waals surface area contributed by atoms with Crippen molar-refractivity contribution in [3.63, 3.8) is 0 Å². The second-order valence-electron chi connectivity index (χ2n) is 17.4. The summed E-state index contributed by atoms with van der Waals surface area (Å²) in [7, 11) is 0. The van der Waals surface area contributed by atoms with Gasteiger partial charge in [-0.1, -0.05) is 96.1 Å². The molecule has 0 aliphatic carbocycles. The van der Waals surface area contributed by atoms with E-state index in [-0.39, 0.29) is 12.3 Å². The van der Waals surface area contributed by atoms with Gasteiger partial charge in [0.2, 0.25) is 17.0 Å². The highest BCUT2D eigenvalue weighted by Gasteiger charge is 2.47. The summed E-state index contributed by atoms with van der Waals surface area (Å²) >= 11 is 0. The van der Waals surface area contributed by atoms with Crippen LogP contribution in [-0.4, -0.2) is 18.5 Å². The molecule has 1 heterocycles. The number of halogens is 24. The Labute approximate surface area is 432 Å². The number of Topliss-reactive ketones (excluding diaryl/α,β-unsaturated/α-hetero) is 1. The summed E-state index contributed by atoms with van der Waals surface area (Å²) in [6, 6.07) is 12.8. The summed E-state index contributed by atoms with van der Waals surface area (Å²) in [5, 5.41) is 4.45. The third-order valence-corrected chi connectivity index (χ3v) is 12.1. The first kappa shape index (κ1) is 61.3. The van der Waals surface area contributed by atoms with Gasteiger partial charge in [-0.05, 0) is 41.9 Å². The molecule has 424 valence electrons. The lowest BCUT2D eigenvalue weighted by Gasteiger charge is -2.46. The van der Waals surface area contributed by atoms with Crippen LogP contribution in [0.5, 0.6) is 0 Å². The molecule has 0 saturated heterocycles. The van der Waals surface area contributed by atoms with E-state index in [2.05, 4.69) is 10.0 Å². The molecule has 7 aromatic rings. The van der Waals surface area contributed by atoms with Crippen molar-refractivity contribution >= 4 is 44.7 Å². The Balaban J connectivity index is 0.000000370. The summed E-state index contributed by atoms with van der Waals surface area (Å²) in [6.45, 7) is 0.406. The molecule has 5 nitrogen and oxygen atoms in total. The highest BCUT2D eigenvalue weighted by atomic mass is 19.4. The van der Waals surface area contributed by atoms with Crippen molar-refractivity contribution in [2.45, 2.75) is 56.0 Å². The van der Waals surface area contributed by atoms with E-state index in [9.17, 15) is 110 Å². The van der Waals surface area contributed by atoms with Crippen molar-refractivity contribution < 1.29 is 115 Å². The maximum atomic E-state index is 14.2. The van der Waals surface area contributed by atoms with Crippen molar-refractivity contribution in [1.29, 1.82) is 0 Å². The van der Waals surface area contributed by atoms with Crippen LogP contribution >= 0.6 is 0 Å². The number of alkyl halides is 24. The summed E-state index contributed by atoms with van der Waals surface area (Å²) < 4.78 is 343. The van der Waals surface area contributed by atoms with E-state index in [0.717, 1.165) is 16.5 Å². The lowest BCUT2D eigenvalue weighted by atomic mass is 9.12. The van der Waals surface area contributed by atoms with Crippen LogP contribution in [0.25, 0.3) is 21.3 Å². The maximum Gasteiger partial charge on any atom is 0.416 e. The molecule has 0 bridgehead atoms. The number of rotatable bonds is 9. The molecule has 1 aromatic heterocycles. The molecular weight excluding hydrogens is 1140 g/mol. The number of carbonyl (C=O) groups is 1. The minimum atomic E-state index is -6.13. The van der Waals surface area contributed by atoms with Gasteiger partial charge in [-0.3, -0.25) is 4.79 Å². The van der Waals surface area contributed by atoms with E-state index in [1.54, 1.807) is 6.07 Å². The molecule has 7 rings (SSSR count). The predicted octanol–water partition coefficient (Wildman–Crippen LogP) is 14.9. The molecule has 0 radical (unpaired) electrons. The Morgan fingerprint density at radius 2 is 0.688 bits per heavy atom. The fourth-order valence-electron chi connectivity index (χ4n) is 8.69. The molecule has 0 aliphatic heterocycles. The van der Waals surface area contributed by atoms with Crippen LogP contribution in [0, 0.1) is 0 Å². The number of hydrogen-bond donors (Lipinski definition) is 0. The molecule has 0 unspecified atom stereocenters. The minimum absolute atomic E-state index is 0.177. The van der Waals surface area contributed by atoms with Crippen LogP contribution in [-0.2, 0) is 56.0 Å². The molecule has 6 aromatic carbocycles. The zero-order valence-electron chi connectivity index (χ0n) is 39.0. The maximum absolute atomic E-state index is 14.2. The first-order chi connectivity index (χ1) is 36.6. The smallest absolute Gasteiger partial charge is 0.287 e.